The van der Waals surface area contributed by atoms with Crippen molar-refractivity contribution in [2.45, 2.75) is 32.4 Å². The average Bonchev–Trinajstić information content (AvgIpc) is 3.16. The Labute approximate surface area is 170 Å². The van der Waals surface area contributed by atoms with E-state index in [1.54, 1.807) is 13.2 Å². The minimum Gasteiger partial charge on any atom is -0.491 e. The molecule has 153 valence electrons. The SMILES string of the molecule is CCC(C)Oc1[c]ccc(N2CCNCC2c2n[nH]c3cc(F)ccc23)c1OC. The number of ether oxygens (including phenoxy) is 2. The summed E-state index contributed by atoms with van der Waals surface area (Å²) in [6.45, 7) is 6.46. The molecular formula is C22H26FN4O2. The molecule has 7 heteroatoms. The second kappa shape index (κ2) is 8.29. The van der Waals surface area contributed by atoms with E-state index in [2.05, 4.69) is 33.4 Å². The number of hydrogen-bond acceptors (Lipinski definition) is 5. The fourth-order valence-electron chi connectivity index (χ4n) is 3.75. The van der Waals surface area contributed by atoms with Gasteiger partial charge in [0, 0.05) is 31.1 Å². The van der Waals surface area contributed by atoms with Crippen molar-refractivity contribution in [2.24, 2.45) is 0 Å². The van der Waals surface area contributed by atoms with Crippen LogP contribution in [0, 0.1) is 11.9 Å². The highest BCUT2D eigenvalue weighted by Crippen LogP contribution is 2.42. The van der Waals surface area contributed by atoms with Crippen LogP contribution < -0.4 is 19.7 Å². The number of nitrogens with zero attached hydrogens (tertiary/aromatic N) is 2. The summed E-state index contributed by atoms with van der Waals surface area (Å²) >= 11 is 0. The smallest absolute Gasteiger partial charge is 0.184 e. The van der Waals surface area contributed by atoms with Crippen LogP contribution in [0.2, 0.25) is 0 Å². The van der Waals surface area contributed by atoms with E-state index >= 15 is 0 Å². The van der Waals surface area contributed by atoms with E-state index in [1.165, 1.54) is 12.1 Å². The molecule has 2 heterocycles. The van der Waals surface area contributed by atoms with Gasteiger partial charge in [0.25, 0.3) is 0 Å². The van der Waals surface area contributed by atoms with Crippen molar-refractivity contribution in [2.75, 3.05) is 31.6 Å². The van der Waals surface area contributed by atoms with Gasteiger partial charge >= 0.3 is 0 Å². The first-order chi connectivity index (χ1) is 14.1. The second-order valence-electron chi connectivity index (χ2n) is 7.27. The van der Waals surface area contributed by atoms with Crippen molar-refractivity contribution in [1.29, 1.82) is 0 Å². The number of benzene rings is 2. The molecule has 3 aromatic rings. The summed E-state index contributed by atoms with van der Waals surface area (Å²) in [6, 6.07) is 11.7. The van der Waals surface area contributed by atoms with Crippen molar-refractivity contribution in [1.82, 2.24) is 15.5 Å². The van der Waals surface area contributed by atoms with Gasteiger partial charge in [-0.15, -0.1) is 0 Å². The Balaban J connectivity index is 1.75. The Bertz CT molecular complexity index is 990. The molecule has 0 bridgehead atoms. The zero-order valence-electron chi connectivity index (χ0n) is 17.0. The van der Waals surface area contributed by atoms with E-state index in [0.29, 0.717) is 17.0 Å². The minimum absolute atomic E-state index is 0.0318. The van der Waals surface area contributed by atoms with Crippen molar-refractivity contribution < 1.29 is 13.9 Å². The first-order valence-electron chi connectivity index (χ1n) is 9.98. The molecule has 2 atom stereocenters. The van der Waals surface area contributed by atoms with Gasteiger partial charge in [0.2, 0.25) is 0 Å². The van der Waals surface area contributed by atoms with Crippen LogP contribution in [-0.4, -0.2) is 43.0 Å². The first kappa shape index (κ1) is 19.5. The number of hydrogen-bond donors (Lipinski definition) is 2. The number of rotatable bonds is 6. The van der Waals surface area contributed by atoms with Crippen molar-refractivity contribution in [3.05, 3.63) is 47.9 Å². The summed E-state index contributed by atoms with van der Waals surface area (Å²) < 4.78 is 25.4. The van der Waals surface area contributed by atoms with Crippen LogP contribution in [-0.2, 0) is 0 Å². The highest BCUT2D eigenvalue weighted by Gasteiger charge is 2.30. The molecule has 1 aromatic heterocycles. The largest absolute Gasteiger partial charge is 0.491 e. The number of aromatic amines is 1. The van der Waals surface area contributed by atoms with Crippen molar-refractivity contribution in [3.8, 4) is 11.5 Å². The lowest BCUT2D eigenvalue weighted by atomic mass is 10.0. The zero-order chi connectivity index (χ0) is 20.4. The molecule has 2 unspecified atom stereocenters. The van der Waals surface area contributed by atoms with E-state index in [9.17, 15) is 4.39 Å². The molecule has 1 saturated heterocycles. The molecule has 1 fully saturated rings. The number of fused-ring (bicyclic) bond motifs is 1. The molecule has 6 nitrogen and oxygen atoms in total. The molecule has 0 amide bonds. The Hall–Kier alpha value is -2.80. The number of aromatic nitrogens is 2. The standard InChI is InChI=1S/C22H26FN4O2/c1-4-14(2)29-20-7-5-6-18(22(20)28-3)27-11-10-24-13-19(27)21-16-9-8-15(23)12-17(16)25-26-21/h5-6,8-9,12,14,19,24H,4,10-11,13H2,1-3H3,(H,25,26). The van der Waals surface area contributed by atoms with E-state index in [4.69, 9.17) is 9.47 Å². The molecule has 0 spiro atoms. The van der Waals surface area contributed by atoms with Crippen LogP contribution in [0.1, 0.15) is 32.0 Å². The lowest BCUT2D eigenvalue weighted by Gasteiger charge is -2.38. The number of anilines is 1. The summed E-state index contributed by atoms with van der Waals surface area (Å²) in [4.78, 5) is 2.27. The molecule has 1 radical (unpaired) electrons. The Kier molecular flexibility index (Phi) is 5.58. The average molecular weight is 397 g/mol. The first-order valence-corrected chi connectivity index (χ1v) is 9.98. The molecule has 0 aliphatic carbocycles. The Morgan fingerprint density at radius 2 is 2.24 bits per heavy atom. The molecule has 0 saturated carbocycles. The predicted molar refractivity (Wildman–Crippen MR) is 111 cm³/mol. The summed E-state index contributed by atoms with van der Waals surface area (Å²) in [5, 5.41) is 11.8. The number of piperazine rings is 1. The van der Waals surface area contributed by atoms with Gasteiger partial charge < -0.3 is 19.7 Å². The fraction of sp³-hybridized carbons (Fsp3) is 0.409. The Morgan fingerprint density at radius 1 is 1.38 bits per heavy atom. The molecule has 2 N–H and O–H groups in total. The maximum Gasteiger partial charge on any atom is 0.184 e. The summed E-state index contributed by atoms with van der Waals surface area (Å²) in [5.41, 5.74) is 2.51. The number of nitrogens with one attached hydrogen (secondary N) is 2. The topological polar surface area (TPSA) is 62.4 Å². The minimum atomic E-state index is -0.279. The highest BCUT2D eigenvalue weighted by molar-refractivity contribution is 5.82. The lowest BCUT2D eigenvalue weighted by molar-refractivity contribution is 0.207. The summed E-state index contributed by atoms with van der Waals surface area (Å²) in [5.74, 6) is 1.01. The van der Waals surface area contributed by atoms with Crippen LogP contribution in [0.15, 0.2) is 30.3 Å². The highest BCUT2D eigenvalue weighted by atomic mass is 19.1. The van der Waals surface area contributed by atoms with E-state index < -0.39 is 0 Å². The van der Waals surface area contributed by atoms with Gasteiger partial charge in [-0.25, -0.2) is 4.39 Å². The van der Waals surface area contributed by atoms with Crippen LogP contribution >= 0.6 is 0 Å². The van der Waals surface area contributed by atoms with E-state index in [1.807, 2.05) is 19.1 Å². The van der Waals surface area contributed by atoms with Gasteiger partial charge in [-0.05, 0) is 43.7 Å². The normalized spacial score (nSPS) is 18.1. The quantitative estimate of drug-likeness (QED) is 0.662. The molecule has 2 aromatic carbocycles. The van der Waals surface area contributed by atoms with Gasteiger partial charge in [0.15, 0.2) is 11.5 Å². The third kappa shape index (κ3) is 3.74. The number of methoxy groups -OCH3 is 1. The predicted octanol–water partition coefficient (Wildman–Crippen LogP) is 3.84. The maximum absolute atomic E-state index is 13.6. The third-order valence-electron chi connectivity index (χ3n) is 5.42. The van der Waals surface area contributed by atoms with E-state index in [0.717, 1.165) is 42.8 Å². The Morgan fingerprint density at radius 3 is 3.03 bits per heavy atom. The van der Waals surface area contributed by atoms with Crippen molar-refractivity contribution in [3.63, 3.8) is 0 Å². The molecule has 1 aliphatic heterocycles. The number of H-pyrrole nitrogens is 1. The number of halogens is 1. The van der Waals surface area contributed by atoms with Gasteiger partial charge in [-0.2, -0.15) is 5.10 Å². The molecule has 29 heavy (non-hydrogen) atoms. The lowest BCUT2D eigenvalue weighted by Crippen LogP contribution is -2.46. The molecule has 4 rings (SSSR count). The monoisotopic (exact) mass is 397 g/mol. The van der Waals surface area contributed by atoms with Crippen LogP contribution in [0.5, 0.6) is 11.5 Å². The van der Waals surface area contributed by atoms with E-state index in [-0.39, 0.29) is 18.0 Å². The fourth-order valence-corrected chi connectivity index (χ4v) is 3.75. The van der Waals surface area contributed by atoms with Gasteiger partial charge in [-0.1, -0.05) is 6.92 Å². The molecular weight excluding hydrogens is 371 g/mol. The van der Waals surface area contributed by atoms with Gasteiger partial charge in [0.1, 0.15) is 5.82 Å². The summed E-state index contributed by atoms with van der Waals surface area (Å²) in [7, 11) is 1.65. The zero-order valence-corrected chi connectivity index (χ0v) is 17.0. The second-order valence-corrected chi connectivity index (χ2v) is 7.27. The third-order valence-corrected chi connectivity index (χ3v) is 5.42. The van der Waals surface area contributed by atoms with Gasteiger partial charge in [0.05, 0.1) is 36.2 Å². The van der Waals surface area contributed by atoms with Crippen LogP contribution in [0.4, 0.5) is 10.1 Å². The summed E-state index contributed by atoms with van der Waals surface area (Å²) in [6.07, 6.45) is 0.965. The van der Waals surface area contributed by atoms with Gasteiger partial charge in [-0.3, -0.25) is 5.10 Å². The van der Waals surface area contributed by atoms with Crippen molar-refractivity contribution >= 4 is 16.6 Å². The maximum atomic E-state index is 13.6. The van der Waals surface area contributed by atoms with Crippen LogP contribution in [0.3, 0.4) is 0 Å². The van der Waals surface area contributed by atoms with Crippen LogP contribution in [0.25, 0.3) is 10.9 Å². The molecule has 1 aliphatic rings.